The van der Waals surface area contributed by atoms with E-state index in [1.807, 2.05) is 18.2 Å². The summed E-state index contributed by atoms with van der Waals surface area (Å²) in [6.07, 6.45) is 0. The summed E-state index contributed by atoms with van der Waals surface area (Å²) in [5.74, 6) is 0.689. The van der Waals surface area contributed by atoms with Crippen molar-refractivity contribution in [1.29, 1.82) is 0 Å². The highest BCUT2D eigenvalue weighted by Gasteiger charge is 2.12. The summed E-state index contributed by atoms with van der Waals surface area (Å²) in [5, 5.41) is 5.31. The van der Waals surface area contributed by atoms with Crippen LogP contribution in [0.25, 0.3) is 0 Å². The minimum atomic E-state index is -2.92. The van der Waals surface area contributed by atoms with Gasteiger partial charge in [0.2, 0.25) is 0 Å². The van der Waals surface area contributed by atoms with Gasteiger partial charge in [0, 0.05) is 23.4 Å². The molecular formula is C17H18F2N2O3. The molecule has 0 bridgehead atoms. The monoisotopic (exact) mass is 336 g/mol. The van der Waals surface area contributed by atoms with Crippen molar-refractivity contribution >= 4 is 11.7 Å². The van der Waals surface area contributed by atoms with Crippen LogP contribution in [0.5, 0.6) is 11.5 Å². The number of amides is 2. The fraction of sp³-hybridized carbons (Fsp3) is 0.235. The van der Waals surface area contributed by atoms with E-state index in [0.29, 0.717) is 17.0 Å². The number of carbonyl (C=O) groups is 1. The lowest BCUT2D eigenvalue weighted by molar-refractivity contribution is -0.0502. The topological polar surface area (TPSA) is 59.6 Å². The molecule has 0 fully saturated rings. The third-order valence-corrected chi connectivity index (χ3v) is 3.38. The van der Waals surface area contributed by atoms with E-state index in [2.05, 4.69) is 15.4 Å². The first-order valence-corrected chi connectivity index (χ1v) is 7.22. The van der Waals surface area contributed by atoms with Crippen LogP contribution in [0.2, 0.25) is 0 Å². The summed E-state index contributed by atoms with van der Waals surface area (Å²) in [4.78, 5) is 12.0. The second-order valence-corrected chi connectivity index (χ2v) is 4.93. The lowest BCUT2D eigenvalue weighted by Crippen LogP contribution is -2.28. The van der Waals surface area contributed by atoms with Crippen molar-refractivity contribution in [3.8, 4) is 11.5 Å². The Morgan fingerprint density at radius 2 is 1.83 bits per heavy atom. The number of ether oxygens (including phenoxy) is 2. The molecule has 0 saturated carbocycles. The van der Waals surface area contributed by atoms with Crippen molar-refractivity contribution in [2.24, 2.45) is 0 Å². The van der Waals surface area contributed by atoms with Gasteiger partial charge in [-0.05, 0) is 25.1 Å². The van der Waals surface area contributed by atoms with E-state index in [-0.39, 0.29) is 12.3 Å². The molecule has 128 valence electrons. The highest BCUT2D eigenvalue weighted by atomic mass is 19.3. The molecule has 2 rings (SSSR count). The number of para-hydroxylation sites is 1. The predicted molar refractivity (Wildman–Crippen MR) is 86.7 cm³/mol. The Hall–Kier alpha value is -2.83. The second-order valence-electron chi connectivity index (χ2n) is 4.93. The molecule has 0 aliphatic carbocycles. The SMILES string of the molecule is COc1ccccc1CNC(=O)Nc1cccc(OC(F)F)c1C. The van der Waals surface area contributed by atoms with Crippen LogP contribution in [-0.4, -0.2) is 19.8 Å². The van der Waals surface area contributed by atoms with Crippen molar-refractivity contribution in [2.75, 3.05) is 12.4 Å². The Balaban J connectivity index is 2.00. The summed E-state index contributed by atoms with van der Waals surface area (Å²) in [5.41, 5.74) is 1.64. The molecule has 0 aliphatic rings. The number of hydrogen-bond acceptors (Lipinski definition) is 3. The lowest BCUT2D eigenvalue weighted by Gasteiger charge is -2.14. The van der Waals surface area contributed by atoms with Crippen LogP contribution in [0.3, 0.4) is 0 Å². The molecule has 0 aromatic heterocycles. The second kappa shape index (κ2) is 8.14. The Morgan fingerprint density at radius 1 is 1.12 bits per heavy atom. The number of carbonyl (C=O) groups excluding carboxylic acids is 1. The molecule has 2 aromatic carbocycles. The van der Waals surface area contributed by atoms with E-state index < -0.39 is 12.6 Å². The van der Waals surface area contributed by atoms with Gasteiger partial charge >= 0.3 is 12.6 Å². The number of rotatable bonds is 6. The Morgan fingerprint density at radius 3 is 2.54 bits per heavy atom. The molecule has 0 atom stereocenters. The Bertz CT molecular complexity index is 708. The molecule has 0 radical (unpaired) electrons. The predicted octanol–water partition coefficient (Wildman–Crippen LogP) is 3.93. The maximum absolute atomic E-state index is 12.3. The largest absolute Gasteiger partial charge is 0.496 e. The maximum Gasteiger partial charge on any atom is 0.387 e. The van der Waals surface area contributed by atoms with E-state index in [1.165, 1.54) is 12.1 Å². The van der Waals surface area contributed by atoms with Crippen molar-refractivity contribution in [1.82, 2.24) is 5.32 Å². The van der Waals surface area contributed by atoms with Gasteiger partial charge in [-0.2, -0.15) is 8.78 Å². The number of urea groups is 1. The first-order valence-electron chi connectivity index (χ1n) is 7.22. The zero-order chi connectivity index (χ0) is 17.5. The minimum Gasteiger partial charge on any atom is -0.496 e. The van der Waals surface area contributed by atoms with Crippen LogP contribution in [-0.2, 0) is 6.54 Å². The molecule has 0 unspecified atom stereocenters. The standard InChI is InChI=1S/C17H18F2N2O3/c1-11-13(7-5-9-14(11)24-16(18)19)21-17(22)20-10-12-6-3-4-8-15(12)23-2/h3-9,16H,10H2,1-2H3,(H2,20,21,22). The van der Waals surface area contributed by atoms with Crippen molar-refractivity contribution in [3.63, 3.8) is 0 Å². The quantitative estimate of drug-likeness (QED) is 0.840. The van der Waals surface area contributed by atoms with Crippen LogP contribution in [0.1, 0.15) is 11.1 Å². The van der Waals surface area contributed by atoms with E-state index in [9.17, 15) is 13.6 Å². The molecular weight excluding hydrogens is 318 g/mol. The molecule has 0 saturated heterocycles. The molecule has 5 nitrogen and oxygen atoms in total. The number of methoxy groups -OCH3 is 1. The molecule has 0 spiro atoms. The fourth-order valence-corrected chi connectivity index (χ4v) is 2.16. The zero-order valence-corrected chi connectivity index (χ0v) is 13.3. The van der Waals surface area contributed by atoms with Crippen molar-refractivity contribution < 1.29 is 23.0 Å². The normalized spacial score (nSPS) is 10.4. The highest BCUT2D eigenvalue weighted by molar-refractivity contribution is 5.90. The summed E-state index contributed by atoms with van der Waals surface area (Å²) in [7, 11) is 1.55. The average Bonchev–Trinajstić information content (AvgIpc) is 2.56. The van der Waals surface area contributed by atoms with E-state index in [1.54, 1.807) is 26.2 Å². The number of benzene rings is 2. The van der Waals surface area contributed by atoms with Crippen molar-refractivity contribution in [2.45, 2.75) is 20.1 Å². The number of hydrogen-bond donors (Lipinski definition) is 2. The zero-order valence-electron chi connectivity index (χ0n) is 13.3. The smallest absolute Gasteiger partial charge is 0.387 e. The summed E-state index contributed by atoms with van der Waals surface area (Å²) in [6, 6.07) is 11.4. The Kier molecular flexibility index (Phi) is 5.95. The molecule has 7 heteroatoms. The fourth-order valence-electron chi connectivity index (χ4n) is 2.16. The molecule has 24 heavy (non-hydrogen) atoms. The highest BCUT2D eigenvalue weighted by Crippen LogP contribution is 2.26. The average molecular weight is 336 g/mol. The van der Waals surface area contributed by atoms with Crippen LogP contribution in [0.4, 0.5) is 19.3 Å². The molecule has 2 N–H and O–H groups in total. The first-order chi connectivity index (χ1) is 11.5. The Labute approximate surface area is 138 Å². The molecule has 2 amide bonds. The van der Waals surface area contributed by atoms with Crippen LogP contribution in [0.15, 0.2) is 42.5 Å². The number of nitrogens with one attached hydrogen (secondary N) is 2. The van der Waals surface area contributed by atoms with Gasteiger partial charge in [-0.1, -0.05) is 24.3 Å². The number of halogens is 2. The van der Waals surface area contributed by atoms with Gasteiger partial charge in [-0.3, -0.25) is 0 Å². The van der Waals surface area contributed by atoms with Crippen molar-refractivity contribution in [3.05, 3.63) is 53.6 Å². The van der Waals surface area contributed by atoms with Crippen LogP contribution in [0, 0.1) is 6.92 Å². The van der Waals surface area contributed by atoms with Gasteiger partial charge in [0.15, 0.2) is 0 Å². The van der Waals surface area contributed by atoms with E-state index in [4.69, 9.17) is 4.74 Å². The van der Waals surface area contributed by atoms with Crippen LogP contribution >= 0.6 is 0 Å². The van der Waals surface area contributed by atoms with Gasteiger partial charge in [0.25, 0.3) is 0 Å². The minimum absolute atomic E-state index is 0.0209. The lowest BCUT2D eigenvalue weighted by atomic mass is 10.2. The third kappa shape index (κ3) is 4.58. The maximum atomic E-state index is 12.3. The van der Waals surface area contributed by atoms with Gasteiger partial charge in [0.1, 0.15) is 11.5 Å². The number of alkyl halides is 2. The van der Waals surface area contributed by atoms with Gasteiger partial charge in [0.05, 0.1) is 7.11 Å². The van der Waals surface area contributed by atoms with Crippen LogP contribution < -0.4 is 20.1 Å². The summed E-state index contributed by atoms with van der Waals surface area (Å²) >= 11 is 0. The summed E-state index contributed by atoms with van der Waals surface area (Å²) < 4.78 is 34.3. The molecule has 0 aliphatic heterocycles. The van der Waals surface area contributed by atoms with Gasteiger partial charge < -0.3 is 20.1 Å². The first kappa shape index (κ1) is 17.5. The van der Waals surface area contributed by atoms with E-state index >= 15 is 0 Å². The molecule has 0 heterocycles. The summed E-state index contributed by atoms with van der Waals surface area (Å²) in [6.45, 7) is -1.06. The van der Waals surface area contributed by atoms with Gasteiger partial charge in [-0.15, -0.1) is 0 Å². The van der Waals surface area contributed by atoms with E-state index in [0.717, 1.165) is 5.56 Å². The number of anilines is 1. The molecule has 2 aromatic rings. The van der Waals surface area contributed by atoms with Gasteiger partial charge in [-0.25, -0.2) is 4.79 Å². The third-order valence-electron chi connectivity index (χ3n) is 3.38.